The van der Waals surface area contributed by atoms with Gasteiger partial charge >= 0.3 is 11.7 Å². The fourth-order valence-electron chi connectivity index (χ4n) is 3.82. The second-order valence-corrected chi connectivity index (χ2v) is 8.33. The zero-order chi connectivity index (χ0) is 20.9. The minimum atomic E-state index is -4.55. The maximum absolute atomic E-state index is 13.4. The first-order valence-corrected chi connectivity index (χ1v) is 10.1. The number of thiazole rings is 1. The first-order chi connectivity index (χ1) is 13.7. The second kappa shape index (κ2) is 7.14. The number of aromatic hydroxyl groups is 1. The van der Waals surface area contributed by atoms with E-state index in [9.17, 15) is 23.1 Å². The van der Waals surface area contributed by atoms with E-state index in [1.165, 1.54) is 23.5 Å². The molecule has 5 nitrogen and oxygen atoms in total. The number of alkyl halides is 3. The van der Waals surface area contributed by atoms with Gasteiger partial charge in [-0.05, 0) is 24.6 Å². The Morgan fingerprint density at radius 2 is 2.17 bits per heavy atom. The summed E-state index contributed by atoms with van der Waals surface area (Å²) in [5.74, 6) is 0.298. The lowest BCUT2D eigenvalue weighted by Crippen LogP contribution is -2.55. The molecule has 0 bridgehead atoms. The average Bonchev–Trinajstić information content (AvgIpc) is 3.28. The fraction of sp³-hybridized carbons (Fsp3) is 0.316. The number of benzene rings is 1. The summed E-state index contributed by atoms with van der Waals surface area (Å²) >= 11 is 7.20. The van der Waals surface area contributed by atoms with Crippen molar-refractivity contribution in [3.63, 3.8) is 0 Å². The van der Waals surface area contributed by atoms with E-state index in [4.69, 9.17) is 11.6 Å². The van der Waals surface area contributed by atoms with Gasteiger partial charge in [0.25, 0.3) is 11.7 Å². The minimum Gasteiger partial charge on any atom is -0.477 e. The molecule has 0 saturated heterocycles. The number of hydrogen-bond donors (Lipinski definition) is 1. The standard InChI is InChI=1S/C19H15ClF3N3O2S/c1-2-25-14-7-6-12(13-9-24-18(20)29-13)26(14)17(28)15(16(25)27)10-4-3-5-11(8-10)19(21,22)23/h3-5,8-9,12H,2,6-7H2,1H3/p+1. The number of rotatable bonds is 3. The molecule has 1 N–H and O–H groups in total. The van der Waals surface area contributed by atoms with E-state index in [-0.39, 0.29) is 23.0 Å². The van der Waals surface area contributed by atoms with E-state index < -0.39 is 17.3 Å². The van der Waals surface area contributed by atoms with Crippen molar-refractivity contribution < 1.29 is 22.8 Å². The number of fused-ring (bicyclic) bond motifs is 1. The van der Waals surface area contributed by atoms with Crippen LogP contribution in [0.25, 0.3) is 11.1 Å². The highest BCUT2D eigenvalue weighted by Crippen LogP contribution is 2.36. The van der Waals surface area contributed by atoms with Crippen LogP contribution in [-0.2, 0) is 19.1 Å². The molecular formula is C19H16ClF3N3O2S+. The van der Waals surface area contributed by atoms with Crippen LogP contribution >= 0.6 is 22.9 Å². The van der Waals surface area contributed by atoms with Crippen LogP contribution in [0.2, 0.25) is 4.47 Å². The van der Waals surface area contributed by atoms with Crippen molar-refractivity contribution in [1.29, 1.82) is 0 Å². The van der Waals surface area contributed by atoms with E-state index in [0.29, 0.717) is 29.7 Å². The van der Waals surface area contributed by atoms with E-state index in [2.05, 4.69) is 4.98 Å². The van der Waals surface area contributed by atoms with Crippen LogP contribution in [0.3, 0.4) is 0 Å². The molecule has 4 rings (SSSR count). The molecule has 0 radical (unpaired) electrons. The molecule has 10 heteroatoms. The van der Waals surface area contributed by atoms with E-state index in [0.717, 1.165) is 17.0 Å². The smallest absolute Gasteiger partial charge is 0.416 e. The Hall–Kier alpha value is -2.39. The summed E-state index contributed by atoms with van der Waals surface area (Å²) in [5.41, 5.74) is -1.54. The van der Waals surface area contributed by atoms with Gasteiger partial charge in [0.15, 0.2) is 10.0 Å². The lowest BCUT2D eigenvalue weighted by molar-refractivity contribution is -0.723. The van der Waals surface area contributed by atoms with Crippen LogP contribution in [0.4, 0.5) is 13.2 Å². The van der Waals surface area contributed by atoms with E-state index in [1.54, 1.807) is 22.3 Å². The molecule has 0 aliphatic carbocycles. The average molecular weight is 443 g/mol. The van der Waals surface area contributed by atoms with E-state index in [1.807, 2.05) is 0 Å². The SMILES string of the molecule is CCn1c(O)c(-c2cccc(C(F)(F)F)c2)c(=O)[n+]2c1CCC2c1cnc(Cl)s1. The van der Waals surface area contributed by atoms with Crippen LogP contribution in [0.5, 0.6) is 5.88 Å². The third-order valence-electron chi connectivity index (χ3n) is 5.07. The first-order valence-electron chi connectivity index (χ1n) is 8.91. The topological polar surface area (TPSA) is 59.0 Å². The molecule has 3 aromatic rings. The van der Waals surface area contributed by atoms with Crippen molar-refractivity contribution >= 4 is 22.9 Å². The number of nitrogens with zero attached hydrogens (tertiary/aromatic N) is 3. The van der Waals surface area contributed by atoms with Crippen LogP contribution in [0.15, 0.2) is 35.3 Å². The highest BCUT2D eigenvalue weighted by atomic mass is 35.5. The van der Waals surface area contributed by atoms with Crippen LogP contribution in [0, 0.1) is 0 Å². The monoisotopic (exact) mass is 442 g/mol. The molecule has 0 saturated carbocycles. The van der Waals surface area contributed by atoms with Gasteiger partial charge in [0.2, 0.25) is 0 Å². The summed E-state index contributed by atoms with van der Waals surface area (Å²) in [7, 11) is 0. The number of halogens is 4. The zero-order valence-electron chi connectivity index (χ0n) is 15.2. The second-order valence-electron chi connectivity index (χ2n) is 6.68. The maximum atomic E-state index is 13.4. The summed E-state index contributed by atoms with van der Waals surface area (Å²) in [6, 6.07) is 4.11. The van der Waals surface area contributed by atoms with Gasteiger partial charge in [-0.2, -0.15) is 22.3 Å². The Bertz CT molecular complexity index is 1160. The van der Waals surface area contributed by atoms with Crippen molar-refractivity contribution in [1.82, 2.24) is 9.55 Å². The Morgan fingerprint density at radius 3 is 2.79 bits per heavy atom. The van der Waals surface area contributed by atoms with Gasteiger partial charge in [0, 0.05) is 12.6 Å². The zero-order valence-corrected chi connectivity index (χ0v) is 16.8. The Kier molecular flexibility index (Phi) is 4.90. The molecule has 1 unspecified atom stereocenters. The molecule has 1 aliphatic heterocycles. The third kappa shape index (κ3) is 3.32. The summed E-state index contributed by atoms with van der Waals surface area (Å²) < 4.78 is 43.0. The molecule has 0 amide bonds. The molecule has 0 spiro atoms. The quantitative estimate of drug-likeness (QED) is 0.619. The summed E-state index contributed by atoms with van der Waals surface area (Å²) in [6.07, 6.45) is -1.80. The van der Waals surface area contributed by atoms with Crippen molar-refractivity contribution in [3.05, 3.63) is 61.5 Å². The molecule has 1 aromatic carbocycles. The maximum Gasteiger partial charge on any atom is 0.416 e. The van der Waals surface area contributed by atoms with Crippen LogP contribution in [-0.4, -0.2) is 14.7 Å². The number of hydrogen-bond acceptors (Lipinski definition) is 4. The molecule has 1 aliphatic rings. The highest BCUT2D eigenvalue weighted by molar-refractivity contribution is 7.15. The molecule has 0 fully saturated rings. The predicted molar refractivity (Wildman–Crippen MR) is 102 cm³/mol. The van der Waals surface area contributed by atoms with Crippen LogP contribution in [0.1, 0.15) is 35.7 Å². The molecular weight excluding hydrogens is 427 g/mol. The fourth-order valence-corrected chi connectivity index (χ4v) is 4.90. The van der Waals surface area contributed by atoms with Gasteiger partial charge in [-0.3, -0.25) is 0 Å². The van der Waals surface area contributed by atoms with Gasteiger partial charge in [0.1, 0.15) is 6.04 Å². The van der Waals surface area contributed by atoms with Gasteiger partial charge in [0.05, 0.1) is 23.4 Å². The van der Waals surface area contributed by atoms with Gasteiger partial charge < -0.3 is 5.11 Å². The molecule has 3 heterocycles. The van der Waals surface area contributed by atoms with Crippen molar-refractivity contribution in [2.75, 3.05) is 0 Å². The third-order valence-corrected chi connectivity index (χ3v) is 6.29. The normalized spacial score (nSPS) is 16.2. The lowest BCUT2D eigenvalue weighted by atomic mass is 10.0. The molecule has 1 atom stereocenters. The molecule has 2 aromatic heterocycles. The van der Waals surface area contributed by atoms with Crippen molar-refractivity contribution in [3.8, 4) is 17.0 Å². The minimum absolute atomic E-state index is 0.0211. The van der Waals surface area contributed by atoms with Gasteiger partial charge in [-0.15, -0.1) is 11.3 Å². The Balaban J connectivity index is 1.97. The van der Waals surface area contributed by atoms with Gasteiger partial charge in [-0.25, -0.2) is 9.78 Å². The predicted octanol–water partition coefficient (Wildman–Crippen LogP) is 4.19. The number of aromatic nitrogens is 3. The summed E-state index contributed by atoms with van der Waals surface area (Å²) in [4.78, 5) is 18.2. The van der Waals surface area contributed by atoms with Crippen molar-refractivity contribution in [2.24, 2.45) is 0 Å². The molecule has 29 heavy (non-hydrogen) atoms. The Labute approximate surface area is 172 Å². The van der Waals surface area contributed by atoms with Gasteiger partial charge in [-0.1, -0.05) is 23.7 Å². The highest BCUT2D eigenvalue weighted by Gasteiger charge is 2.40. The first kappa shape index (κ1) is 19.9. The van der Waals surface area contributed by atoms with Crippen LogP contribution < -0.4 is 10.1 Å². The van der Waals surface area contributed by atoms with Crippen molar-refractivity contribution in [2.45, 2.75) is 38.5 Å². The Morgan fingerprint density at radius 1 is 1.41 bits per heavy atom. The molecule has 152 valence electrons. The van der Waals surface area contributed by atoms with E-state index >= 15 is 0 Å². The largest absolute Gasteiger partial charge is 0.477 e. The summed E-state index contributed by atoms with van der Waals surface area (Å²) in [5, 5.41) is 10.8. The summed E-state index contributed by atoms with van der Waals surface area (Å²) in [6.45, 7) is 2.17. The lowest BCUT2D eigenvalue weighted by Gasteiger charge is -2.14.